The molecule has 134 valence electrons. The molecule has 0 unspecified atom stereocenters. The molecule has 5 nitrogen and oxygen atoms in total. The summed E-state index contributed by atoms with van der Waals surface area (Å²) in [6.07, 6.45) is 2.78. The fraction of sp³-hybridized carbons (Fsp3) is 0.588. The minimum Gasteiger partial charge on any atom is -0.349 e. The Bertz CT molecular complexity index is 698. The number of piperidine rings is 1. The summed E-state index contributed by atoms with van der Waals surface area (Å²) >= 11 is 6.12. The molecule has 1 aromatic rings. The topological polar surface area (TPSA) is 66.5 Å². The van der Waals surface area contributed by atoms with Crippen molar-refractivity contribution in [2.24, 2.45) is 5.92 Å². The molecule has 0 aliphatic carbocycles. The lowest BCUT2D eigenvalue weighted by molar-refractivity contribution is 0.0930. The van der Waals surface area contributed by atoms with Gasteiger partial charge in [-0.2, -0.15) is 4.31 Å². The van der Waals surface area contributed by atoms with Crippen LogP contribution < -0.4 is 5.32 Å². The lowest BCUT2D eigenvalue weighted by Crippen LogP contribution is -2.37. The first-order chi connectivity index (χ1) is 11.2. The number of hydrogen-bond donors (Lipinski definition) is 1. The smallest absolute Gasteiger partial charge is 0.253 e. The van der Waals surface area contributed by atoms with Crippen molar-refractivity contribution >= 4 is 27.5 Å². The number of rotatable bonds is 5. The normalized spacial score (nSPS) is 17.7. The lowest BCUT2D eigenvalue weighted by atomic mass is 10.1. The Morgan fingerprint density at radius 1 is 1.17 bits per heavy atom. The Morgan fingerprint density at radius 2 is 1.79 bits per heavy atom. The fourth-order valence-electron chi connectivity index (χ4n) is 2.54. The molecule has 1 N–H and O–H groups in total. The number of hydrogen-bond acceptors (Lipinski definition) is 3. The molecule has 0 saturated carbocycles. The Balaban J connectivity index is 2.29. The summed E-state index contributed by atoms with van der Waals surface area (Å²) in [5.41, 5.74) is 0.197. The van der Waals surface area contributed by atoms with Gasteiger partial charge in [-0.1, -0.05) is 31.9 Å². The van der Waals surface area contributed by atoms with Gasteiger partial charge in [-0.3, -0.25) is 4.79 Å². The van der Waals surface area contributed by atoms with E-state index in [-0.39, 0.29) is 33.3 Å². The van der Waals surface area contributed by atoms with Crippen LogP contribution in [0.5, 0.6) is 0 Å². The highest BCUT2D eigenvalue weighted by Gasteiger charge is 2.27. The van der Waals surface area contributed by atoms with Crippen LogP contribution in [-0.4, -0.2) is 37.8 Å². The zero-order valence-electron chi connectivity index (χ0n) is 14.4. The molecule has 1 amide bonds. The summed E-state index contributed by atoms with van der Waals surface area (Å²) in [6, 6.07) is 4.30. The second kappa shape index (κ2) is 7.85. The Kier molecular flexibility index (Phi) is 6.28. The number of amides is 1. The van der Waals surface area contributed by atoms with E-state index in [1.165, 1.54) is 22.5 Å². The van der Waals surface area contributed by atoms with Gasteiger partial charge in [0.1, 0.15) is 0 Å². The van der Waals surface area contributed by atoms with Crippen molar-refractivity contribution in [3.8, 4) is 0 Å². The van der Waals surface area contributed by atoms with E-state index in [4.69, 9.17) is 11.6 Å². The van der Waals surface area contributed by atoms with Crippen LogP contribution in [0, 0.1) is 5.92 Å². The average Bonchev–Trinajstić information content (AvgIpc) is 2.55. The summed E-state index contributed by atoms with van der Waals surface area (Å²) in [5, 5.41) is 3.11. The predicted octanol–water partition coefficient (Wildman–Crippen LogP) is 3.29. The van der Waals surface area contributed by atoms with E-state index in [9.17, 15) is 13.2 Å². The van der Waals surface area contributed by atoms with Crippen LogP contribution in [0.4, 0.5) is 0 Å². The van der Waals surface area contributed by atoms with E-state index in [1.54, 1.807) is 0 Å². The van der Waals surface area contributed by atoms with Gasteiger partial charge < -0.3 is 5.32 Å². The van der Waals surface area contributed by atoms with Crippen molar-refractivity contribution in [1.29, 1.82) is 0 Å². The number of nitrogens with zero attached hydrogens (tertiary/aromatic N) is 1. The van der Waals surface area contributed by atoms with E-state index in [0.717, 1.165) is 19.3 Å². The number of benzene rings is 1. The second-order valence-electron chi connectivity index (χ2n) is 6.61. The second-order valence-corrected chi connectivity index (χ2v) is 8.96. The quantitative estimate of drug-likeness (QED) is 0.862. The van der Waals surface area contributed by atoms with Gasteiger partial charge >= 0.3 is 0 Å². The summed E-state index contributed by atoms with van der Waals surface area (Å²) in [7, 11) is -3.58. The molecule has 0 bridgehead atoms. The number of sulfonamides is 1. The molecule has 1 fully saturated rings. The van der Waals surface area contributed by atoms with Crippen LogP contribution in [0.15, 0.2) is 23.1 Å². The van der Waals surface area contributed by atoms with Crippen molar-refractivity contribution in [2.75, 3.05) is 13.1 Å². The number of halogens is 1. The van der Waals surface area contributed by atoms with E-state index in [1.807, 2.05) is 20.8 Å². The minimum absolute atomic E-state index is 0.0316. The highest BCUT2D eigenvalue weighted by molar-refractivity contribution is 7.89. The van der Waals surface area contributed by atoms with Gasteiger partial charge in [0.15, 0.2) is 0 Å². The van der Waals surface area contributed by atoms with Crippen LogP contribution in [0.3, 0.4) is 0 Å². The zero-order chi connectivity index (χ0) is 17.9. The maximum absolute atomic E-state index is 12.8. The summed E-state index contributed by atoms with van der Waals surface area (Å²) < 4.78 is 27.0. The molecule has 0 spiro atoms. The molecule has 2 rings (SSSR count). The molecule has 0 radical (unpaired) electrons. The molecule has 1 aliphatic heterocycles. The number of carbonyl (C=O) groups is 1. The minimum atomic E-state index is -3.58. The molecular weight excluding hydrogens is 348 g/mol. The van der Waals surface area contributed by atoms with Crippen LogP contribution in [0.2, 0.25) is 5.02 Å². The zero-order valence-corrected chi connectivity index (χ0v) is 16.0. The third-order valence-electron chi connectivity index (χ3n) is 4.49. The molecule has 0 aromatic heterocycles. The molecule has 7 heteroatoms. The van der Waals surface area contributed by atoms with E-state index < -0.39 is 10.0 Å². The summed E-state index contributed by atoms with van der Waals surface area (Å²) in [4.78, 5) is 12.6. The molecule has 1 saturated heterocycles. The number of nitrogens with one attached hydrogen (secondary N) is 1. The molecule has 1 aliphatic rings. The van der Waals surface area contributed by atoms with Crippen LogP contribution in [0.25, 0.3) is 0 Å². The SMILES string of the molecule is CC(C)[C@@H](C)NC(=O)c1cc(S(=O)(=O)N2CCCCC2)ccc1Cl. The monoisotopic (exact) mass is 372 g/mol. The van der Waals surface area contributed by atoms with E-state index in [2.05, 4.69) is 5.32 Å². The van der Waals surface area contributed by atoms with Crippen molar-refractivity contribution in [1.82, 2.24) is 9.62 Å². The maximum atomic E-state index is 12.8. The van der Waals surface area contributed by atoms with Crippen LogP contribution in [0.1, 0.15) is 50.4 Å². The third kappa shape index (κ3) is 4.29. The summed E-state index contributed by atoms with van der Waals surface area (Å²) in [5.74, 6) is -0.0788. The van der Waals surface area contributed by atoms with Crippen LogP contribution >= 0.6 is 11.6 Å². The van der Waals surface area contributed by atoms with Crippen molar-refractivity contribution in [2.45, 2.75) is 51.0 Å². The average molecular weight is 373 g/mol. The Hall–Kier alpha value is -1.11. The van der Waals surface area contributed by atoms with Gasteiger partial charge in [0.2, 0.25) is 10.0 Å². The largest absolute Gasteiger partial charge is 0.349 e. The number of carbonyl (C=O) groups excluding carboxylic acids is 1. The molecule has 1 aromatic carbocycles. The predicted molar refractivity (Wildman–Crippen MR) is 95.8 cm³/mol. The van der Waals surface area contributed by atoms with Gasteiger partial charge in [0.05, 0.1) is 15.5 Å². The summed E-state index contributed by atoms with van der Waals surface area (Å²) in [6.45, 7) is 6.96. The first-order valence-corrected chi connectivity index (χ1v) is 10.2. The fourth-order valence-corrected chi connectivity index (χ4v) is 4.29. The third-order valence-corrected chi connectivity index (χ3v) is 6.72. The Morgan fingerprint density at radius 3 is 2.38 bits per heavy atom. The van der Waals surface area contributed by atoms with Crippen LogP contribution in [-0.2, 0) is 10.0 Å². The molecule has 24 heavy (non-hydrogen) atoms. The maximum Gasteiger partial charge on any atom is 0.253 e. The van der Waals surface area contributed by atoms with Gasteiger partial charge in [0.25, 0.3) is 5.91 Å². The molecule has 1 heterocycles. The highest BCUT2D eigenvalue weighted by atomic mass is 35.5. The van der Waals surface area contributed by atoms with Gasteiger partial charge in [-0.25, -0.2) is 8.42 Å². The lowest BCUT2D eigenvalue weighted by Gasteiger charge is -2.26. The van der Waals surface area contributed by atoms with Gasteiger partial charge in [-0.05, 0) is 43.9 Å². The first kappa shape index (κ1) is 19.2. The van der Waals surface area contributed by atoms with E-state index in [0.29, 0.717) is 13.1 Å². The van der Waals surface area contributed by atoms with Gasteiger partial charge in [0, 0.05) is 19.1 Å². The Labute approximate surface area is 149 Å². The van der Waals surface area contributed by atoms with Crippen molar-refractivity contribution < 1.29 is 13.2 Å². The van der Waals surface area contributed by atoms with E-state index >= 15 is 0 Å². The highest BCUT2D eigenvalue weighted by Crippen LogP contribution is 2.25. The van der Waals surface area contributed by atoms with Crippen molar-refractivity contribution in [3.63, 3.8) is 0 Å². The first-order valence-electron chi connectivity index (χ1n) is 8.34. The van der Waals surface area contributed by atoms with Gasteiger partial charge in [-0.15, -0.1) is 0 Å². The standard InChI is InChI=1S/C17H25ClN2O3S/c1-12(2)13(3)19-17(21)15-11-14(7-8-16(15)18)24(22,23)20-9-5-4-6-10-20/h7-8,11-13H,4-6,9-10H2,1-3H3,(H,19,21)/t13-/m1/s1. The van der Waals surface area contributed by atoms with Crippen molar-refractivity contribution in [3.05, 3.63) is 28.8 Å². The molecule has 1 atom stereocenters. The molecular formula is C17H25ClN2O3S.